The molecule has 0 amide bonds. The summed E-state index contributed by atoms with van der Waals surface area (Å²) >= 11 is 12.4. The molecule has 0 bridgehead atoms. The summed E-state index contributed by atoms with van der Waals surface area (Å²) in [4.78, 5) is 0. The summed E-state index contributed by atoms with van der Waals surface area (Å²) in [6, 6.07) is 34.5. The van der Waals surface area contributed by atoms with Crippen molar-refractivity contribution < 1.29 is 10.2 Å². The van der Waals surface area contributed by atoms with Crippen LogP contribution in [0.2, 0.25) is 10.0 Å². The molecule has 4 heteroatoms. The molecular formula is C32H20Cl2O2. The second-order valence-corrected chi connectivity index (χ2v) is 9.62. The number of hydrogen-bond acceptors (Lipinski definition) is 2. The molecule has 6 rings (SSSR count). The molecule has 0 saturated carbocycles. The highest BCUT2D eigenvalue weighted by atomic mass is 35.5. The quantitative estimate of drug-likeness (QED) is 0.250. The van der Waals surface area contributed by atoms with E-state index in [1.54, 1.807) is 0 Å². The molecule has 0 heterocycles. The number of aromatic hydroxyl groups is 2. The third kappa shape index (κ3) is 3.76. The lowest BCUT2D eigenvalue weighted by Gasteiger charge is -2.21. The minimum Gasteiger partial charge on any atom is -0.507 e. The Morgan fingerprint density at radius 2 is 0.806 bits per heavy atom. The van der Waals surface area contributed by atoms with Gasteiger partial charge in [0, 0.05) is 31.9 Å². The molecule has 0 spiro atoms. The molecule has 0 saturated heterocycles. The summed E-state index contributed by atoms with van der Waals surface area (Å²) < 4.78 is 0. The first-order valence-corrected chi connectivity index (χ1v) is 12.3. The van der Waals surface area contributed by atoms with Crippen molar-refractivity contribution in [2.24, 2.45) is 0 Å². The lowest BCUT2D eigenvalue weighted by molar-refractivity contribution is 0.476. The van der Waals surface area contributed by atoms with Crippen LogP contribution in [0.5, 0.6) is 11.5 Å². The first kappa shape index (κ1) is 22.5. The van der Waals surface area contributed by atoms with Crippen molar-refractivity contribution in [3.05, 3.63) is 119 Å². The van der Waals surface area contributed by atoms with E-state index in [1.165, 1.54) is 0 Å². The fourth-order valence-corrected chi connectivity index (χ4v) is 5.13. The number of rotatable bonds is 3. The van der Waals surface area contributed by atoms with Crippen LogP contribution in [0, 0.1) is 0 Å². The van der Waals surface area contributed by atoms with E-state index in [0.29, 0.717) is 31.9 Å². The van der Waals surface area contributed by atoms with Gasteiger partial charge in [0.1, 0.15) is 11.5 Å². The van der Waals surface area contributed by atoms with Gasteiger partial charge in [-0.05, 0) is 69.4 Å². The van der Waals surface area contributed by atoms with Crippen LogP contribution in [0.4, 0.5) is 0 Å². The third-order valence-corrected chi connectivity index (χ3v) is 7.11. The normalized spacial score (nSPS) is 11.3. The lowest BCUT2D eigenvalue weighted by Crippen LogP contribution is -1.93. The molecular weight excluding hydrogens is 487 g/mol. The largest absolute Gasteiger partial charge is 0.507 e. The highest BCUT2D eigenvalue weighted by Crippen LogP contribution is 2.52. The molecule has 0 radical (unpaired) electrons. The number of fused-ring (bicyclic) bond motifs is 2. The number of phenols is 2. The first-order valence-electron chi connectivity index (χ1n) is 11.5. The zero-order valence-corrected chi connectivity index (χ0v) is 20.6. The number of benzene rings is 6. The summed E-state index contributed by atoms with van der Waals surface area (Å²) in [7, 11) is 0. The van der Waals surface area contributed by atoms with Crippen LogP contribution in [0.3, 0.4) is 0 Å². The van der Waals surface area contributed by atoms with Crippen molar-refractivity contribution >= 4 is 44.7 Å². The van der Waals surface area contributed by atoms with Crippen LogP contribution in [0.25, 0.3) is 54.9 Å². The van der Waals surface area contributed by atoms with Gasteiger partial charge in [0.15, 0.2) is 0 Å². The van der Waals surface area contributed by atoms with Crippen molar-refractivity contribution in [1.29, 1.82) is 0 Å². The molecule has 0 unspecified atom stereocenters. The highest BCUT2D eigenvalue weighted by molar-refractivity contribution is 6.31. The fraction of sp³-hybridized carbons (Fsp3) is 0. The van der Waals surface area contributed by atoms with E-state index in [4.69, 9.17) is 23.2 Å². The van der Waals surface area contributed by atoms with Crippen molar-refractivity contribution in [2.45, 2.75) is 0 Å². The van der Waals surface area contributed by atoms with E-state index in [9.17, 15) is 10.2 Å². The number of phenolic OH excluding ortho intramolecular Hbond substituents is 2. The van der Waals surface area contributed by atoms with E-state index in [1.807, 2.05) is 109 Å². The maximum atomic E-state index is 11.8. The summed E-state index contributed by atoms with van der Waals surface area (Å²) in [6.45, 7) is 0. The molecule has 0 atom stereocenters. The molecule has 36 heavy (non-hydrogen) atoms. The average Bonchev–Trinajstić information content (AvgIpc) is 2.90. The van der Waals surface area contributed by atoms with E-state index in [2.05, 4.69) is 0 Å². The van der Waals surface area contributed by atoms with Crippen LogP contribution in [0.15, 0.2) is 109 Å². The predicted octanol–water partition coefficient (Wildman–Crippen LogP) is 9.71. The maximum absolute atomic E-state index is 11.8. The molecule has 0 aliphatic heterocycles. The lowest BCUT2D eigenvalue weighted by atomic mass is 9.84. The van der Waals surface area contributed by atoms with Gasteiger partial charge >= 0.3 is 0 Å². The Morgan fingerprint density at radius 3 is 1.19 bits per heavy atom. The van der Waals surface area contributed by atoms with Gasteiger partial charge in [0.25, 0.3) is 0 Å². The second-order valence-electron chi connectivity index (χ2n) is 8.75. The summed E-state index contributed by atoms with van der Waals surface area (Å²) in [5.74, 6) is 0.220. The molecule has 0 aliphatic rings. The highest BCUT2D eigenvalue weighted by Gasteiger charge is 2.24. The van der Waals surface area contributed by atoms with Gasteiger partial charge in [0.2, 0.25) is 0 Å². The van der Waals surface area contributed by atoms with Gasteiger partial charge in [-0.25, -0.2) is 0 Å². The van der Waals surface area contributed by atoms with Gasteiger partial charge in [-0.3, -0.25) is 0 Å². The summed E-state index contributed by atoms with van der Waals surface area (Å²) in [6.07, 6.45) is 0. The van der Waals surface area contributed by atoms with Gasteiger partial charge in [0.05, 0.1) is 0 Å². The zero-order valence-electron chi connectivity index (χ0n) is 19.0. The SMILES string of the molecule is Oc1c(-c2c(-c3ccc(Cl)cc3)cc3ccccc3c2O)c(-c2ccc(Cl)cc2)cc2ccccc12. The van der Waals surface area contributed by atoms with Gasteiger partial charge in [-0.1, -0.05) is 96.0 Å². The summed E-state index contributed by atoms with van der Waals surface area (Å²) in [5.41, 5.74) is 4.47. The molecule has 6 aromatic carbocycles. The smallest absolute Gasteiger partial charge is 0.132 e. The topological polar surface area (TPSA) is 40.5 Å². The van der Waals surface area contributed by atoms with Gasteiger partial charge in [-0.2, -0.15) is 0 Å². The van der Waals surface area contributed by atoms with E-state index >= 15 is 0 Å². The zero-order chi connectivity index (χ0) is 24.8. The van der Waals surface area contributed by atoms with Crippen molar-refractivity contribution in [3.63, 3.8) is 0 Å². The van der Waals surface area contributed by atoms with Crippen molar-refractivity contribution in [2.75, 3.05) is 0 Å². The first-order chi connectivity index (χ1) is 17.5. The number of halogens is 2. The Bertz CT molecular complexity index is 1620. The van der Waals surface area contributed by atoms with Crippen molar-refractivity contribution in [3.8, 4) is 44.9 Å². The molecule has 6 aromatic rings. The molecule has 2 nitrogen and oxygen atoms in total. The third-order valence-electron chi connectivity index (χ3n) is 6.60. The molecule has 174 valence electrons. The molecule has 2 N–H and O–H groups in total. The molecule has 0 aliphatic carbocycles. The maximum Gasteiger partial charge on any atom is 0.132 e. The van der Waals surface area contributed by atoms with Gasteiger partial charge < -0.3 is 10.2 Å². The molecule has 0 aromatic heterocycles. The van der Waals surface area contributed by atoms with Crippen LogP contribution < -0.4 is 0 Å². The minimum absolute atomic E-state index is 0.110. The van der Waals surface area contributed by atoms with Crippen LogP contribution in [-0.2, 0) is 0 Å². The Kier molecular flexibility index (Phi) is 5.56. The second kappa shape index (κ2) is 8.91. The Balaban J connectivity index is 1.79. The van der Waals surface area contributed by atoms with Gasteiger partial charge in [-0.15, -0.1) is 0 Å². The number of hydrogen-bond donors (Lipinski definition) is 2. The Labute approximate surface area is 218 Å². The van der Waals surface area contributed by atoms with Crippen LogP contribution >= 0.6 is 23.2 Å². The monoisotopic (exact) mass is 506 g/mol. The van der Waals surface area contributed by atoms with E-state index in [-0.39, 0.29) is 11.5 Å². The van der Waals surface area contributed by atoms with Crippen LogP contribution in [0.1, 0.15) is 0 Å². The van der Waals surface area contributed by atoms with Crippen LogP contribution in [-0.4, -0.2) is 10.2 Å². The van der Waals surface area contributed by atoms with E-state index < -0.39 is 0 Å². The standard InChI is InChI=1S/C32H20Cl2O2/c33-23-13-9-19(10-14-23)27-17-21-5-1-3-7-25(21)31(35)29(27)30-28(20-11-15-24(34)16-12-20)18-22-6-2-4-8-26(22)32(30)36/h1-18,35-36H. The molecule has 0 fully saturated rings. The fourth-order valence-electron chi connectivity index (χ4n) is 4.88. The predicted molar refractivity (Wildman–Crippen MR) is 151 cm³/mol. The van der Waals surface area contributed by atoms with Crippen molar-refractivity contribution in [1.82, 2.24) is 0 Å². The van der Waals surface area contributed by atoms with E-state index in [0.717, 1.165) is 33.0 Å². The summed E-state index contributed by atoms with van der Waals surface area (Å²) in [5, 5.41) is 28.0. The minimum atomic E-state index is 0.110. The Morgan fingerprint density at radius 1 is 0.444 bits per heavy atom. The average molecular weight is 507 g/mol. The Hall–Kier alpha value is -3.98.